The van der Waals surface area contributed by atoms with Crippen LogP contribution in [0.1, 0.15) is 34.0 Å². The molecule has 0 bridgehead atoms. The highest BCUT2D eigenvalue weighted by Crippen LogP contribution is 2.06. The Hall–Kier alpha value is -2.35. The second-order valence-corrected chi connectivity index (χ2v) is 5.11. The summed E-state index contributed by atoms with van der Waals surface area (Å²) in [6.45, 7) is 4.89. The number of nitrogens with one attached hydrogen (secondary N) is 1. The molecule has 2 aromatic rings. The molecule has 0 amide bonds. The SMILES string of the molecule is CCc1ccc(C(=O)/C=C/NCc2ccc(C)cc2)cc1. The molecule has 0 saturated heterocycles. The number of ketones is 1. The summed E-state index contributed by atoms with van der Waals surface area (Å²) in [7, 11) is 0. The number of carbonyl (C=O) groups is 1. The maximum absolute atomic E-state index is 12.0. The molecule has 2 nitrogen and oxygen atoms in total. The van der Waals surface area contributed by atoms with Gasteiger partial charge in [0.25, 0.3) is 0 Å². The molecule has 0 saturated carbocycles. The summed E-state index contributed by atoms with van der Waals surface area (Å²) >= 11 is 0. The average Bonchev–Trinajstić information content (AvgIpc) is 2.53. The minimum atomic E-state index is 0.0223. The zero-order chi connectivity index (χ0) is 15.1. The van der Waals surface area contributed by atoms with Crippen LogP contribution in [0.3, 0.4) is 0 Å². The molecule has 1 N–H and O–H groups in total. The number of carbonyl (C=O) groups excluding carboxylic acids is 1. The summed E-state index contributed by atoms with van der Waals surface area (Å²) in [6, 6.07) is 16.1. The van der Waals surface area contributed by atoms with Gasteiger partial charge in [-0.25, -0.2) is 0 Å². The number of aryl methyl sites for hydroxylation is 2. The van der Waals surface area contributed by atoms with Gasteiger partial charge in [-0.3, -0.25) is 4.79 Å². The zero-order valence-corrected chi connectivity index (χ0v) is 12.6. The van der Waals surface area contributed by atoms with Crippen LogP contribution in [-0.2, 0) is 13.0 Å². The van der Waals surface area contributed by atoms with Gasteiger partial charge in [-0.05, 0) is 24.5 Å². The normalized spacial score (nSPS) is 10.8. The minimum absolute atomic E-state index is 0.0223. The van der Waals surface area contributed by atoms with Crippen molar-refractivity contribution < 1.29 is 4.79 Å². The first-order chi connectivity index (χ1) is 10.2. The van der Waals surface area contributed by atoms with Crippen LogP contribution in [0.25, 0.3) is 0 Å². The van der Waals surface area contributed by atoms with Crippen LogP contribution < -0.4 is 5.32 Å². The molecular formula is C19H21NO. The molecule has 0 aliphatic heterocycles. The van der Waals surface area contributed by atoms with Crippen molar-refractivity contribution in [2.45, 2.75) is 26.8 Å². The second kappa shape index (κ2) is 7.44. The standard InChI is InChI=1S/C19H21NO/c1-3-16-8-10-18(11-9-16)19(21)12-13-20-14-17-6-4-15(2)5-7-17/h4-13,20H,3,14H2,1-2H3/b13-12+. The van der Waals surface area contributed by atoms with E-state index in [4.69, 9.17) is 0 Å². The molecule has 21 heavy (non-hydrogen) atoms. The molecule has 0 fully saturated rings. The lowest BCUT2D eigenvalue weighted by Gasteiger charge is -2.02. The summed E-state index contributed by atoms with van der Waals surface area (Å²) in [4.78, 5) is 12.0. The zero-order valence-electron chi connectivity index (χ0n) is 12.6. The number of benzene rings is 2. The lowest BCUT2D eigenvalue weighted by molar-refractivity contribution is 0.104. The lowest BCUT2D eigenvalue weighted by Crippen LogP contribution is -2.06. The molecule has 2 rings (SSSR count). The number of hydrogen-bond acceptors (Lipinski definition) is 2. The third-order valence-corrected chi connectivity index (χ3v) is 3.43. The Morgan fingerprint density at radius 3 is 2.24 bits per heavy atom. The summed E-state index contributed by atoms with van der Waals surface area (Å²) in [5.41, 5.74) is 4.42. The van der Waals surface area contributed by atoms with Gasteiger partial charge < -0.3 is 5.32 Å². The lowest BCUT2D eigenvalue weighted by atomic mass is 10.1. The average molecular weight is 279 g/mol. The van der Waals surface area contributed by atoms with E-state index >= 15 is 0 Å². The summed E-state index contributed by atoms with van der Waals surface area (Å²) in [6.07, 6.45) is 4.29. The molecule has 0 radical (unpaired) electrons. The van der Waals surface area contributed by atoms with Gasteiger partial charge in [-0.15, -0.1) is 0 Å². The van der Waals surface area contributed by atoms with Crippen LogP contribution in [0, 0.1) is 6.92 Å². The highest BCUT2D eigenvalue weighted by Gasteiger charge is 2.00. The smallest absolute Gasteiger partial charge is 0.187 e. The van der Waals surface area contributed by atoms with Crippen LogP contribution >= 0.6 is 0 Å². The van der Waals surface area contributed by atoms with E-state index in [1.54, 1.807) is 12.3 Å². The minimum Gasteiger partial charge on any atom is -0.387 e. The van der Waals surface area contributed by atoms with Crippen LogP contribution in [-0.4, -0.2) is 5.78 Å². The third kappa shape index (κ3) is 4.60. The molecule has 0 aliphatic carbocycles. The molecule has 2 heteroatoms. The molecule has 2 aromatic carbocycles. The number of rotatable bonds is 6. The quantitative estimate of drug-likeness (QED) is 0.638. The van der Waals surface area contributed by atoms with Crippen molar-refractivity contribution in [3.05, 3.63) is 83.1 Å². The predicted octanol–water partition coefficient (Wildman–Crippen LogP) is 4.04. The van der Waals surface area contributed by atoms with Gasteiger partial charge in [0.2, 0.25) is 0 Å². The highest BCUT2D eigenvalue weighted by atomic mass is 16.1. The first kappa shape index (κ1) is 15.0. The topological polar surface area (TPSA) is 29.1 Å². The Morgan fingerprint density at radius 2 is 1.62 bits per heavy atom. The van der Waals surface area contributed by atoms with Crippen LogP contribution in [0.15, 0.2) is 60.8 Å². The van der Waals surface area contributed by atoms with Crippen LogP contribution in [0.5, 0.6) is 0 Å². The van der Waals surface area contributed by atoms with Crippen LogP contribution in [0.2, 0.25) is 0 Å². The van der Waals surface area contributed by atoms with Crippen LogP contribution in [0.4, 0.5) is 0 Å². The first-order valence-corrected chi connectivity index (χ1v) is 7.28. The van der Waals surface area contributed by atoms with Gasteiger partial charge in [0, 0.05) is 24.4 Å². The van der Waals surface area contributed by atoms with Crippen molar-refractivity contribution >= 4 is 5.78 Å². The van der Waals surface area contributed by atoms with E-state index < -0.39 is 0 Å². The van der Waals surface area contributed by atoms with E-state index in [1.807, 2.05) is 24.3 Å². The van der Waals surface area contributed by atoms with Gasteiger partial charge in [-0.1, -0.05) is 61.0 Å². The third-order valence-electron chi connectivity index (χ3n) is 3.43. The summed E-state index contributed by atoms with van der Waals surface area (Å²) in [5.74, 6) is 0.0223. The van der Waals surface area contributed by atoms with Crippen molar-refractivity contribution in [2.24, 2.45) is 0 Å². The van der Waals surface area contributed by atoms with E-state index in [-0.39, 0.29) is 5.78 Å². The van der Waals surface area contributed by atoms with Crippen molar-refractivity contribution in [3.63, 3.8) is 0 Å². The molecule has 0 aliphatic rings. The fourth-order valence-corrected chi connectivity index (χ4v) is 2.02. The Kier molecular flexibility index (Phi) is 5.33. The summed E-state index contributed by atoms with van der Waals surface area (Å²) < 4.78 is 0. The van der Waals surface area contributed by atoms with Crippen molar-refractivity contribution in [1.29, 1.82) is 0 Å². The van der Waals surface area contributed by atoms with Crippen molar-refractivity contribution in [2.75, 3.05) is 0 Å². The highest BCUT2D eigenvalue weighted by molar-refractivity contribution is 6.04. The second-order valence-electron chi connectivity index (χ2n) is 5.11. The van der Waals surface area contributed by atoms with Crippen molar-refractivity contribution in [3.8, 4) is 0 Å². The van der Waals surface area contributed by atoms with E-state index in [0.717, 1.165) is 18.5 Å². The maximum Gasteiger partial charge on any atom is 0.187 e. The van der Waals surface area contributed by atoms with Gasteiger partial charge in [-0.2, -0.15) is 0 Å². The van der Waals surface area contributed by atoms with Gasteiger partial charge in [0.05, 0.1) is 0 Å². The molecule has 0 aromatic heterocycles. The molecule has 0 heterocycles. The number of allylic oxidation sites excluding steroid dienone is 1. The Balaban J connectivity index is 1.85. The van der Waals surface area contributed by atoms with Gasteiger partial charge in [0.1, 0.15) is 0 Å². The van der Waals surface area contributed by atoms with Gasteiger partial charge >= 0.3 is 0 Å². The van der Waals surface area contributed by atoms with E-state index in [1.165, 1.54) is 16.7 Å². The fraction of sp³-hybridized carbons (Fsp3) is 0.211. The Labute approximate surface area is 126 Å². The maximum atomic E-state index is 12.0. The number of hydrogen-bond donors (Lipinski definition) is 1. The molecule has 0 unspecified atom stereocenters. The van der Waals surface area contributed by atoms with Gasteiger partial charge in [0.15, 0.2) is 5.78 Å². The Morgan fingerprint density at radius 1 is 1.00 bits per heavy atom. The molecule has 0 atom stereocenters. The molecule has 0 spiro atoms. The molecule has 108 valence electrons. The van der Waals surface area contributed by atoms with E-state index in [2.05, 4.69) is 43.4 Å². The van der Waals surface area contributed by atoms with Crippen molar-refractivity contribution in [1.82, 2.24) is 5.32 Å². The Bertz CT molecular complexity index is 609. The fourth-order valence-electron chi connectivity index (χ4n) is 2.02. The molecular weight excluding hydrogens is 258 g/mol. The summed E-state index contributed by atoms with van der Waals surface area (Å²) in [5, 5.41) is 3.14. The predicted molar refractivity (Wildman–Crippen MR) is 87.3 cm³/mol. The van der Waals surface area contributed by atoms with E-state index in [9.17, 15) is 4.79 Å². The largest absolute Gasteiger partial charge is 0.387 e. The first-order valence-electron chi connectivity index (χ1n) is 7.28. The monoisotopic (exact) mass is 279 g/mol. The van der Waals surface area contributed by atoms with E-state index in [0.29, 0.717) is 0 Å².